The van der Waals surface area contributed by atoms with Crippen molar-refractivity contribution in [2.24, 2.45) is 0 Å². The fraction of sp³-hybridized carbons (Fsp3) is 0.484. The minimum absolute atomic E-state index is 0.0714. The number of aliphatic hydroxyl groups excluding tert-OH is 2. The number of aliphatic carboxylic acids is 2. The van der Waals surface area contributed by atoms with Crippen LogP contribution in [0.25, 0.3) is 0 Å². The van der Waals surface area contributed by atoms with Gasteiger partial charge in [-0.3, -0.25) is 14.5 Å². The second-order valence-electron chi connectivity index (χ2n) is 10.9. The number of ether oxygens (including phenoxy) is 3. The number of hydrogen-bond donors (Lipinski definition) is 5. The van der Waals surface area contributed by atoms with Gasteiger partial charge in [0.2, 0.25) is 12.0 Å². The Morgan fingerprint density at radius 3 is 2.22 bits per heavy atom. The summed E-state index contributed by atoms with van der Waals surface area (Å²) in [5.41, 5.74) is -3.03. The second-order valence-corrected chi connectivity index (χ2v) is 10.9. The van der Waals surface area contributed by atoms with Crippen molar-refractivity contribution in [1.82, 2.24) is 9.80 Å². The first-order valence-electron chi connectivity index (χ1n) is 14.7. The lowest BCUT2D eigenvalue weighted by molar-refractivity contribution is -0.227. The minimum atomic E-state index is -3.68. The molecule has 2 heterocycles. The average molecular weight is 631 g/mol. The van der Waals surface area contributed by atoms with Crippen molar-refractivity contribution in [3.8, 4) is 17.2 Å². The molecule has 2 aromatic carbocycles. The third-order valence-corrected chi connectivity index (χ3v) is 7.90. The Morgan fingerprint density at radius 1 is 0.978 bits per heavy atom. The van der Waals surface area contributed by atoms with Crippen LogP contribution in [0.4, 0.5) is 0 Å². The highest BCUT2D eigenvalue weighted by atomic mass is 16.6. The molecule has 0 unspecified atom stereocenters. The zero-order valence-corrected chi connectivity index (χ0v) is 24.8. The number of rotatable bonds is 15. The molecule has 2 aromatic rings. The van der Waals surface area contributed by atoms with Gasteiger partial charge in [-0.25, -0.2) is 9.59 Å². The van der Waals surface area contributed by atoms with E-state index in [-0.39, 0.29) is 31.1 Å². The van der Waals surface area contributed by atoms with Crippen LogP contribution in [-0.4, -0.2) is 116 Å². The van der Waals surface area contributed by atoms with Gasteiger partial charge in [-0.2, -0.15) is 0 Å². The quantitative estimate of drug-likeness (QED) is 0.138. The molecule has 1 amide bonds. The first-order chi connectivity index (χ1) is 21.5. The van der Waals surface area contributed by atoms with E-state index in [1.165, 1.54) is 30.3 Å². The maximum Gasteiger partial charge on any atom is 0.361 e. The van der Waals surface area contributed by atoms with Gasteiger partial charge in [0, 0.05) is 18.5 Å². The van der Waals surface area contributed by atoms with Crippen LogP contribution in [0.1, 0.15) is 54.6 Å². The van der Waals surface area contributed by atoms with Crippen molar-refractivity contribution in [3.05, 3.63) is 53.6 Å². The second kappa shape index (κ2) is 14.7. The summed E-state index contributed by atoms with van der Waals surface area (Å²) in [7, 11) is 0. The molecule has 5 N–H and O–H groups in total. The Hall–Kier alpha value is -4.24. The summed E-state index contributed by atoms with van der Waals surface area (Å²) in [5, 5.41) is 53.4. The van der Waals surface area contributed by atoms with Crippen LogP contribution in [0.3, 0.4) is 0 Å². The lowest BCUT2D eigenvalue weighted by Crippen LogP contribution is -2.70. The number of aliphatic hydroxyl groups is 3. The molecule has 0 saturated carbocycles. The molecule has 0 bridgehead atoms. The number of carboxylic acids is 2. The molecule has 14 nitrogen and oxygen atoms in total. The summed E-state index contributed by atoms with van der Waals surface area (Å²) in [4.78, 5) is 52.4. The SMILES string of the molecule is CCC(=O)c1ccc(OCCC(=O)N([C@H](CN2CCCC2)[C@H](O)c2ccc3c(c2)OCCO3)[C@](O)(C(=O)O)[C@@H](O)C(=O)O)cc1. The number of likely N-dealkylation sites (tertiary alicyclic amines) is 1. The highest BCUT2D eigenvalue weighted by Crippen LogP contribution is 2.36. The standard InChI is InChI=1S/C31H38N2O12/c1-2-23(34)19-5-8-21(9-6-19)43-14-11-26(35)33(31(42,30(40)41)28(37)29(38)39)22(18-32-12-3-4-13-32)27(36)20-7-10-24-25(17-20)45-16-15-44-24/h5-10,17,22,27-28,36-37,42H,2-4,11-16,18H2,1H3,(H,38,39)(H,40,41)/t22-,27-,28+,31-/m1/s1. The van der Waals surface area contributed by atoms with Gasteiger partial charge in [0.25, 0.3) is 5.72 Å². The van der Waals surface area contributed by atoms with E-state index in [0.717, 1.165) is 12.8 Å². The number of nitrogens with zero attached hydrogens (tertiary/aromatic N) is 2. The summed E-state index contributed by atoms with van der Waals surface area (Å²) >= 11 is 0. The zero-order valence-electron chi connectivity index (χ0n) is 24.8. The van der Waals surface area contributed by atoms with Crippen molar-refractivity contribution >= 4 is 23.6 Å². The zero-order chi connectivity index (χ0) is 32.7. The molecule has 0 spiro atoms. The first-order valence-corrected chi connectivity index (χ1v) is 14.7. The van der Waals surface area contributed by atoms with E-state index in [4.69, 9.17) is 14.2 Å². The molecule has 4 atom stereocenters. The molecule has 2 aliphatic heterocycles. The largest absolute Gasteiger partial charge is 0.493 e. The monoisotopic (exact) mass is 630 g/mol. The Balaban J connectivity index is 1.69. The Morgan fingerprint density at radius 2 is 1.62 bits per heavy atom. The van der Waals surface area contributed by atoms with E-state index < -0.39 is 48.2 Å². The van der Waals surface area contributed by atoms with Crippen molar-refractivity contribution < 1.29 is 58.9 Å². The van der Waals surface area contributed by atoms with Gasteiger partial charge in [-0.15, -0.1) is 0 Å². The molecular weight excluding hydrogens is 592 g/mol. The van der Waals surface area contributed by atoms with E-state index in [2.05, 4.69) is 0 Å². The Kier molecular flexibility index (Phi) is 11.0. The van der Waals surface area contributed by atoms with Crippen molar-refractivity contribution in [2.45, 2.75) is 56.6 Å². The topological polar surface area (TPSA) is 204 Å². The smallest absolute Gasteiger partial charge is 0.361 e. The molecule has 14 heteroatoms. The van der Waals surface area contributed by atoms with Crippen LogP contribution in [0.15, 0.2) is 42.5 Å². The number of benzene rings is 2. The average Bonchev–Trinajstić information content (AvgIpc) is 3.56. The fourth-order valence-corrected chi connectivity index (χ4v) is 5.49. The third kappa shape index (κ3) is 7.53. The number of carboxylic acid groups (broad SMARTS) is 2. The highest BCUT2D eigenvalue weighted by Gasteiger charge is 2.58. The van der Waals surface area contributed by atoms with Gasteiger partial charge in [0.05, 0.1) is 19.1 Å². The predicted molar refractivity (Wildman–Crippen MR) is 156 cm³/mol. The van der Waals surface area contributed by atoms with Gasteiger partial charge in [0.1, 0.15) is 25.1 Å². The van der Waals surface area contributed by atoms with Gasteiger partial charge in [-0.1, -0.05) is 13.0 Å². The predicted octanol–water partition coefficient (Wildman–Crippen LogP) is 1.06. The number of Topliss-reactive ketones (excluding diaryl/α,β-unsaturated/α-hetero) is 1. The molecule has 0 radical (unpaired) electrons. The molecule has 244 valence electrons. The molecule has 0 aromatic heterocycles. The maximum atomic E-state index is 13.9. The fourth-order valence-electron chi connectivity index (χ4n) is 5.49. The van der Waals surface area contributed by atoms with Crippen molar-refractivity contribution in [1.29, 1.82) is 0 Å². The lowest BCUT2D eigenvalue weighted by atomic mass is 9.94. The van der Waals surface area contributed by atoms with Crippen molar-refractivity contribution in [2.75, 3.05) is 39.5 Å². The summed E-state index contributed by atoms with van der Waals surface area (Å²) in [6, 6.07) is 9.09. The maximum absolute atomic E-state index is 13.9. The summed E-state index contributed by atoms with van der Waals surface area (Å²) in [6.07, 6.45) is -3.31. The van der Waals surface area contributed by atoms with E-state index >= 15 is 0 Å². The van der Waals surface area contributed by atoms with E-state index in [0.29, 0.717) is 53.8 Å². The number of fused-ring (bicyclic) bond motifs is 1. The normalized spacial score (nSPS) is 17.9. The van der Waals surface area contributed by atoms with Gasteiger partial charge < -0.3 is 44.6 Å². The minimum Gasteiger partial charge on any atom is -0.493 e. The van der Waals surface area contributed by atoms with Crippen LogP contribution in [0, 0.1) is 0 Å². The molecule has 2 aliphatic rings. The number of carbonyl (C=O) groups is 4. The molecule has 45 heavy (non-hydrogen) atoms. The number of hydrogen-bond acceptors (Lipinski definition) is 11. The van der Waals surface area contributed by atoms with Crippen LogP contribution in [-0.2, 0) is 14.4 Å². The highest BCUT2D eigenvalue weighted by molar-refractivity contribution is 5.96. The van der Waals surface area contributed by atoms with Crippen LogP contribution in [0.5, 0.6) is 17.2 Å². The molecule has 0 aliphatic carbocycles. The lowest BCUT2D eigenvalue weighted by Gasteiger charge is -2.45. The molecule has 1 saturated heterocycles. The van der Waals surface area contributed by atoms with E-state index in [1.54, 1.807) is 19.1 Å². The number of carbonyl (C=O) groups excluding carboxylic acids is 2. The van der Waals surface area contributed by atoms with Crippen LogP contribution in [0.2, 0.25) is 0 Å². The van der Waals surface area contributed by atoms with Crippen molar-refractivity contribution in [3.63, 3.8) is 0 Å². The summed E-state index contributed by atoms with van der Waals surface area (Å²) < 4.78 is 16.8. The Labute approximate surface area is 259 Å². The number of ketones is 1. The molecule has 4 rings (SSSR count). The molecule has 1 fully saturated rings. The summed E-state index contributed by atoms with van der Waals surface area (Å²) in [5.74, 6) is -4.46. The van der Waals surface area contributed by atoms with E-state index in [9.17, 15) is 44.7 Å². The third-order valence-electron chi connectivity index (χ3n) is 7.90. The summed E-state index contributed by atoms with van der Waals surface area (Å²) in [6.45, 7) is 2.87. The van der Waals surface area contributed by atoms with Gasteiger partial charge >= 0.3 is 11.9 Å². The van der Waals surface area contributed by atoms with Crippen LogP contribution >= 0.6 is 0 Å². The van der Waals surface area contributed by atoms with Gasteiger partial charge in [0.15, 0.2) is 17.3 Å². The van der Waals surface area contributed by atoms with Gasteiger partial charge in [-0.05, 0) is 67.9 Å². The molecular formula is C31H38N2O12. The Bertz CT molecular complexity index is 1380. The van der Waals surface area contributed by atoms with Crippen LogP contribution < -0.4 is 14.2 Å². The number of amides is 1. The first kappa shape index (κ1) is 33.6. The van der Waals surface area contributed by atoms with E-state index in [1.807, 2.05) is 4.90 Å².